The highest BCUT2D eigenvalue weighted by Crippen LogP contribution is 2.50. The average Bonchev–Trinajstić information content (AvgIpc) is 3.57. The molecule has 264 valence electrons. The van der Waals surface area contributed by atoms with E-state index in [0.717, 1.165) is 39.9 Å². The molecule has 6 rings (SSSR count). The van der Waals surface area contributed by atoms with Gasteiger partial charge < -0.3 is 9.84 Å². The fourth-order valence-electron chi connectivity index (χ4n) is 6.02. The van der Waals surface area contributed by atoms with Crippen molar-refractivity contribution in [1.29, 1.82) is 10.5 Å². The van der Waals surface area contributed by atoms with Crippen LogP contribution in [-0.2, 0) is 23.1 Å². The number of nitriles is 2. The van der Waals surface area contributed by atoms with Crippen LogP contribution < -0.4 is 9.80 Å². The minimum atomic E-state index is -4.78. The number of anilines is 3. The van der Waals surface area contributed by atoms with Crippen molar-refractivity contribution in [2.45, 2.75) is 25.2 Å². The van der Waals surface area contributed by atoms with Crippen molar-refractivity contribution in [3.8, 4) is 12.1 Å². The number of carbonyl (C=O) groups is 2. The van der Waals surface area contributed by atoms with Crippen LogP contribution in [0.15, 0.2) is 114 Å². The molecule has 0 fully saturated rings. The van der Waals surface area contributed by atoms with Gasteiger partial charge in [0.25, 0.3) is 11.6 Å². The standard InChI is InChI=1S/C36H23F3N8O6/c1-22-30(20-41)35(25-12-10-23(19-40)11-13-25,26-14-16-28(17-15-26)47(51)52)46-32(44(22)29-9-5-8-27(18-29)36(37,38)39)42-31(43-46)45(33(48)49)34(50)53-21-24-6-3-2-4-7-24/h2-18H,21H2,1H3,(H,48,49)/t35-/m1/s1. The van der Waals surface area contributed by atoms with Gasteiger partial charge in [0.05, 0.1) is 33.8 Å². The van der Waals surface area contributed by atoms with E-state index in [1.54, 1.807) is 30.3 Å². The molecule has 2 amide bonds. The number of fused-ring (bicyclic) bond motifs is 1. The lowest BCUT2D eigenvalue weighted by Crippen LogP contribution is -2.46. The van der Waals surface area contributed by atoms with E-state index in [-0.39, 0.29) is 56.8 Å². The Morgan fingerprint density at radius 3 is 2.17 bits per heavy atom. The van der Waals surface area contributed by atoms with Gasteiger partial charge in [-0.15, -0.1) is 10.00 Å². The largest absolute Gasteiger partial charge is 0.464 e. The number of non-ortho nitro benzene ring substituents is 1. The average molecular weight is 721 g/mol. The molecule has 53 heavy (non-hydrogen) atoms. The summed E-state index contributed by atoms with van der Waals surface area (Å²) in [4.78, 5) is 42.6. The van der Waals surface area contributed by atoms with Crippen molar-refractivity contribution in [3.63, 3.8) is 0 Å². The highest BCUT2D eigenvalue weighted by molar-refractivity contribution is 6.07. The number of aromatic nitrogens is 3. The molecule has 14 nitrogen and oxygen atoms in total. The maximum atomic E-state index is 14.0. The molecular formula is C36H23F3N8O6. The Kier molecular flexibility index (Phi) is 9.09. The smallest absolute Gasteiger partial charge is 0.426 e. The first-order chi connectivity index (χ1) is 25.3. The number of alkyl halides is 3. The SMILES string of the molecule is CC1=C(C#N)[C@@](c2ccc(C#N)cc2)(c2ccc([N+](=O)[O-])cc2)n2nc(N(C(=O)O)C(=O)OCc3ccccc3)nc2N1c1cccc(C(F)(F)F)c1. The summed E-state index contributed by atoms with van der Waals surface area (Å²) in [6.45, 7) is 1.08. The monoisotopic (exact) mass is 720 g/mol. The van der Waals surface area contributed by atoms with Gasteiger partial charge in [-0.05, 0) is 66.1 Å². The third kappa shape index (κ3) is 6.23. The summed E-state index contributed by atoms with van der Waals surface area (Å²) in [5.74, 6) is -1.14. The van der Waals surface area contributed by atoms with Gasteiger partial charge in [-0.2, -0.15) is 28.7 Å². The Morgan fingerprint density at radius 2 is 1.60 bits per heavy atom. The molecule has 4 aromatic carbocycles. The van der Waals surface area contributed by atoms with E-state index in [1.165, 1.54) is 49.4 Å². The second-order valence-electron chi connectivity index (χ2n) is 11.4. The quantitative estimate of drug-likeness (QED) is 0.128. The number of rotatable bonds is 7. The van der Waals surface area contributed by atoms with Crippen LogP contribution in [0, 0.1) is 32.8 Å². The number of carbonyl (C=O) groups excluding carboxylic acids is 1. The first-order valence-corrected chi connectivity index (χ1v) is 15.4. The molecule has 0 unspecified atom stereocenters. The molecule has 0 aliphatic carbocycles. The zero-order chi connectivity index (χ0) is 38.1. The molecule has 0 bridgehead atoms. The molecule has 0 saturated carbocycles. The third-order valence-corrected chi connectivity index (χ3v) is 8.41. The molecular weight excluding hydrogens is 697 g/mol. The van der Waals surface area contributed by atoms with Crippen molar-refractivity contribution in [1.82, 2.24) is 14.8 Å². The van der Waals surface area contributed by atoms with E-state index < -0.39 is 40.3 Å². The van der Waals surface area contributed by atoms with Gasteiger partial charge in [0.1, 0.15) is 6.61 Å². The van der Waals surface area contributed by atoms with Gasteiger partial charge in [0.2, 0.25) is 5.95 Å². The number of nitro benzene ring substituents is 1. The van der Waals surface area contributed by atoms with Crippen LogP contribution in [0.4, 0.5) is 46.0 Å². The molecule has 0 saturated heterocycles. The third-order valence-electron chi connectivity index (χ3n) is 8.41. The van der Waals surface area contributed by atoms with Crippen LogP contribution in [0.3, 0.4) is 0 Å². The van der Waals surface area contributed by atoms with Crippen LogP contribution in [0.1, 0.15) is 34.7 Å². The Hall–Kier alpha value is -7.53. The molecule has 1 atom stereocenters. The first kappa shape index (κ1) is 35.3. The molecule has 0 spiro atoms. The molecule has 1 aliphatic heterocycles. The second-order valence-corrected chi connectivity index (χ2v) is 11.4. The summed E-state index contributed by atoms with van der Waals surface area (Å²) < 4.78 is 48.2. The highest BCUT2D eigenvalue weighted by Gasteiger charge is 2.51. The van der Waals surface area contributed by atoms with E-state index in [2.05, 4.69) is 16.2 Å². The predicted molar refractivity (Wildman–Crippen MR) is 179 cm³/mol. The van der Waals surface area contributed by atoms with Gasteiger partial charge in [0, 0.05) is 23.5 Å². The minimum Gasteiger partial charge on any atom is -0.464 e. The van der Waals surface area contributed by atoms with Crippen molar-refractivity contribution < 1.29 is 37.5 Å². The minimum absolute atomic E-state index is 0.00881. The van der Waals surface area contributed by atoms with E-state index in [9.17, 15) is 48.5 Å². The number of carboxylic acid groups (broad SMARTS) is 1. The van der Waals surface area contributed by atoms with E-state index >= 15 is 0 Å². The fraction of sp³-hybridized carbons (Fsp3) is 0.111. The number of ether oxygens (including phenoxy) is 1. The molecule has 1 aromatic heterocycles. The Morgan fingerprint density at radius 1 is 0.962 bits per heavy atom. The lowest BCUT2D eigenvalue weighted by Gasteiger charge is -2.43. The Balaban J connectivity index is 1.67. The van der Waals surface area contributed by atoms with E-state index in [0.29, 0.717) is 5.56 Å². The summed E-state index contributed by atoms with van der Waals surface area (Å²) in [5, 5.41) is 46.7. The summed E-state index contributed by atoms with van der Waals surface area (Å²) in [6, 6.07) is 27.3. The van der Waals surface area contributed by atoms with Crippen molar-refractivity contribution in [3.05, 3.63) is 152 Å². The molecule has 0 radical (unpaired) electrons. The lowest BCUT2D eigenvalue weighted by molar-refractivity contribution is -0.384. The number of imide groups is 1. The zero-order valence-corrected chi connectivity index (χ0v) is 27.2. The summed E-state index contributed by atoms with van der Waals surface area (Å²) in [7, 11) is 0. The van der Waals surface area contributed by atoms with Crippen LogP contribution in [0.2, 0.25) is 0 Å². The van der Waals surface area contributed by atoms with Crippen molar-refractivity contribution in [2.24, 2.45) is 0 Å². The highest BCUT2D eigenvalue weighted by atomic mass is 19.4. The number of nitro groups is 1. The molecule has 17 heteroatoms. The van der Waals surface area contributed by atoms with Crippen LogP contribution in [0.5, 0.6) is 0 Å². The normalized spacial score (nSPS) is 15.2. The maximum absolute atomic E-state index is 14.0. The molecule has 2 heterocycles. The van der Waals surface area contributed by atoms with E-state index in [4.69, 9.17) is 4.74 Å². The number of hydrogen-bond acceptors (Lipinski definition) is 10. The summed E-state index contributed by atoms with van der Waals surface area (Å²) in [6.07, 6.45) is -8.07. The van der Waals surface area contributed by atoms with E-state index in [1.807, 2.05) is 6.07 Å². The lowest BCUT2D eigenvalue weighted by atomic mass is 9.75. The topological polar surface area (TPSA) is 192 Å². The van der Waals surface area contributed by atoms with Gasteiger partial charge in [-0.25, -0.2) is 14.3 Å². The number of allylic oxidation sites excluding steroid dienone is 2. The Bertz CT molecular complexity index is 2370. The molecule has 5 aromatic rings. The maximum Gasteiger partial charge on any atom is 0.426 e. The van der Waals surface area contributed by atoms with Crippen LogP contribution >= 0.6 is 0 Å². The van der Waals surface area contributed by atoms with Crippen LogP contribution in [0.25, 0.3) is 0 Å². The predicted octanol–water partition coefficient (Wildman–Crippen LogP) is 7.64. The molecule has 1 aliphatic rings. The number of amides is 2. The van der Waals surface area contributed by atoms with Gasteiger partial charge in [0.15, 0.2) is 5.54 Å². The van der Waals surface area contributed by atoms with Gasteiger partial charge in [-0.3, -0.25) is 15.0 Å². The second kappa shape index (κ2) is 13.6. The van der Waals surface area contributed by atoms with Gasteiger partial charge in [-0.1, -0.05) is 48.5 Å². The number of benzene rings is 4. The van der Waals surface area contributed by atoms with Crippen molar-refractivity contribution in [2.75, 3.05) is 9.80 Å². The number of nitrogens with zero attached hydrogens (tertiary/aromatic N) is 8. The summed E-state index contributed by atoms with van der Waals surface area (Å²) in [5.41, 5.74) is -2.54. The zero-order valence-electron chi connectivity index (χ0n) is 27.2. The summed E-state index contributed by atoms with van der Waals surface area (Å²) >= 11 is 0. The fourth-order valence-corrected chi connectivity index (χ4v) is 6.02. The number of hydrogen-bond donors (Lipinski definition) is 1. The molecule has 1 N–H and O–H groups in total. The van der Waals surface area contributed by atoms with Crippen LogP contribution in [-0.4, -0.2) is 37.0 Å². The number of halogens is 3. The van der Waals surface area contributed by atoms with Crippen molar-refractivity contribution >= 4 is 35.5 Å². The van der Waals surface area contributed by atoms with Gasteiger partial charge >= 0.3 is 18.4 Å². The Labute approximate surface area is 297 Å². The first-order valence-electron chi connectivity index (χ1n) is 15.4.